The van der Waals surface area contributed by atoms with Crippen LogP contribution < -0.4 is 5.32 Å². The summed E-state index contributed by atoms with van der Waals surface area (Å²) in [5.41, 5.74) is 0.196. The van der Waals surface area contributed by atoms with Gasteiger partial charge >= 0.3 is 0 Å². The molecule has 18 heavy (non-hydrogen) atoms. The Morgan fingerprint density at radius 1 is 1.11 bits per heavy atom. The maximum absolute atomic E-state index is 13.4. The molecule has 1 heterocycles. The van der Waals surface area contributed by atoms with Crippen LogP contribution in [0.5, 0.6) is 0 Å². The summed E-state index contributed by atoms with van der Waals surface area (Å²) in [4.78, 5) is 3.58. The summed E-state index contributed by atoms with van der Waals surface area (Å²) in [5.74, 6) is -0.787. The molecular formula is C13H12F2N2O. The van der Waals surface area contributed by atoms with Crippen LogP contribution in [0.3, 0.4) is 0 Å². The third-order valence-corrected chi connectivity index (χ3v) is 2.46. The van der Waals surface area contributed by atoms with Gasteiger partial charge in [-0.3, -0.25) is 0 Å². The monoisotopic (exact) mass is 250 g/mol. The first kappa shape index (κ1) is 12.4. The van der Waals surface area contributed by atoms with Crippen molar-refractivity contribution in [2.75, 3.05) is 11.9 Å². The van der Waals surface area contributed by atoms with Crippen molar-refractivity contribution in [2.24, 2.45) is 0 Å². The van der Waals surface area contributed by atoms with E-state index in [0.717, 1.165) is 0 Å². The largest absolute Gasteiger partial charge is 0.386 e. The minimum absolute atomic E-state index is 0.0530. The first-order valence-corrected chi connectivity index (χ1v) is 5.46. The third kappa shape index (κ3) is 3.01. The number of rotatable bonds is 4. The molecule has 2 rings (SSSR count). The first-order chi connectivity index (χ1) is 8.66. The zero-order valence-electron chi connectivity index (χ0n) is 9.48. The number of pyridine rings is 1. The van der Waals surface area contributed by atoms with E-state index in [1.165, 1.54) is 24.3 Å². The number of benzene rings is 1. The normalized spacial score (nSPS) is 12.2. The molecule has 94 valence electrons. The molecule has 2 N–H and O–H groups in total. The average molecular weight is 250 g/mol. The van der Waals surface area contributed by atoms with Gasteiger partial charge in [0, 0.05) is 12.1 Å². The van der Waals surface area contributed by atoms with Crippen molar-refractivity contribution < 1.29 is 13.9 Å². The summed E-state index contributed by atoms with van der Waals surface area (Å²) in [6, 6.07) is 10.3. The molecule has 0 saturated carbocycles. The topological polar surface area (TPSA) is 45.1 Å². The first-order valence-electron chi connectivity index (χ1n) is 5.46. The lowest BCUT2D eigenvalue weighted by molar-refractivity contribution is 0.186. The number of aromatic nitrogens is 1. The van der Waals surface area contributed by atoms with E-state index in [-0.39, 0.29) is 12.1 Å². The molecule has 0 aliphatic heterocycles. The van der Waals surface area contributed by atoms with Gasteiger partial charge in [-0.25, -0.2) is 9.37 Å². The second kappa shape index (κ2) is 5.55. The molecule has 1 aromatic carbocycles. The van der Waals surface area contributed by atoms with Gasteiger partial charge in [0.2, 0.25) is 5.95 Å². The number of hydrogen-bond acceptors (Lipinski definition) is 3. The standard InChI is InChI=1S/C13H12F2N2O/c14-10-5-2-1-4-9(10)11(18)8-16-13-7-3-6-12(15)17-13/h1-7,11,18H,8H2,(H,16,17)/t11-/m1/s1. The van der Waals surface area contributed by atoms with Gasteiger partial charge in [0.05, 0.1) is 6.10 Å². The molecule has 0 spiro atoms. The maximum atomic E-state index is 13.4. The van der Waals surface area contributed by atoms with E-state index in [2.05, 4.69) is 10.3 Å². The lowest BCUT2D eigenvalue weighted by atomic mass is 10.1. The summed E-state index contributed by atoms with van der Waals surface area (Å²) >= 11 is 0. The highest BCUT2D eigenvalue weighted by Crippen LogP contribution is 2.17. The minimum atomic E-state index is -1.02. The maximum Gasteiger partial charge on any atom is 0.214 e. The average Bonchev–Trinajstić information content (AvgIpc) is 2.37. The van der Waals surface area contributed by atoms with Gasteiger partial charge < -0.3 is 10.4 Å². The van der Waals surface area contributed by atoms with E-state index in [0.29, 0.717) is 5.82 Å². The summed E-state index contributed by atoms with van der Waals surface area (Å²) in [5, 5.41) is 12.6. The molecule has 3 nitrogen and oxygen atoms in total. The highest BCUT2D eigenvalue weighted by molar-refractivity contribution is 5.34. The molecule has 0 unspecified atom stereocenters. The minimum Gasteiger partial charge on any atom is -0.386 e. The van der Waals surface area contributed by atoms with E-state index in [4.69, 9.17) is 0 Å². The Bertz CT molecular complexity index is 534. The van der Waals surface area contributed by atoms with Gasteiger partial charge in [0.25, 0.3) is 0 Å². The Kier molecular flexibility index (Phi) is 3.84. The summed E-state index contributed by atoms with van der Waals surface area (Å²) < 4.78 is 26.2. The van der Waals surface area contributed by atoms with E-state index >= 15 is 0 Å². The van der Waals surface area contributed by atoms with Crippen LogP contribution in [0.4, 0.5) is 14.6 Å². The molecule has 5 heteroatoms. The van der Waals surface area contributed by atoms with Gasteiger partial charge in [-0.2, -0.15) is 4.39 Å². The fourth-order valence-corrected chi connectivity index (χ4v) is 1.56. The third-order valence-electron chi connectivity index (χ3n) is 2.46. The molecule has 0 bridgehead atoms. The lowest BCUT2D eigenvalue weighted by Gasteiger charge is -2.13. The smallest absolute Gasteiger partial charge is 0.214 e. The number of anilines is 1. The van der Waals surface area contributed by atoms with Gasteiger partial charge in [0.15, 0.2) is 0 Å². The van der Waals surface area contributed by atoms with Crippen LogP contribution in [-0.4, -0.2) is 16.6 Å². The Morgan fingerprint density at radius 2 is 1.89 bits per heavy atom. The van der Waals surface area contributed by atoms with Crippen LogP contribution in [0, 0.1) is 11.8 Å². The molecule has 0 radical (unpaired) electrons. The fourth-order valence-electron chi connectivity index (χ4n) is 1.56. The van der Waals surface area contributed by atoms with Gasteiger partial charge in [-0.1, -0.05) is 24.3 Å². The van der Waals surface area contributed by atoms with Gasteiger partial charge in [-0.15, -0.1) is 0 Å². The van der Waals surface area contributed by atoms with Crippen molar-refractivity contribution in [3.63, 3.8) is 0 Å². The molecule has 1 atom stereocenters. The van der Waals surface area contributed by atoms with Crippen LogP contribution >= 0.6 is 0 Å². The zero-order chi connectivity index (χ0) is 13.0. The number of aliphatic hydroxyl groups excluding tert-OH is 1. The number of nitrogens with zero attached hydrogens (tertiary/aromatic N) is 1. The highest BCUT2D eigenvalue weighted by atomic mass is 19.1. The number of halogens is 2. The van der Waals surface area contributed by atoms with Crippen molar-refractivity contribution in [3.8, 4) is 0 Å². The molecule has 1 aromatic heterocycles. The van der Waals surface area contributed by atoms with Gasteiger partial charge in [0.1, 0.15) is 11.6 Å². The Balaban J connectivity index is 2.00. The van der Waals surface area contributed by atoms with Crippen molar-refractivity contribution in [2.45, 2.75) is 6.10 Å². The Morgan fingerprint density at radius 3 is 2.61 bits per heavy atom. The van der Waals surface area contributed by atoms with Crippen molar-refractivity contribution in [1.82, 2.24) is 4.98 Å². The zero-order valence-corrected chi connectivity index (χ0v) is 9.48. The van der Waals surface area contributed by atoms with E-state index < -0.39 is 17.9 Å². The fraction of sp³-hybridized carbons (Fsp3) is 0.154. The van der Waals surface area contributed by atoms with Crippen LogP contribution in [0.25, 0.3) is 0 Å². The van der Waals surface area contributed by atoms with Crippen molar-refractivity contribution >= 4 is 5.82 Å². The van der Waals surface area contributed by atoms with E-state index in [9.17, 15) is 13.9 Å². The van der Waals surface area contributed by atoms with Crippen LogP contribution in [0.15, 0.2) is 42.5 Å². The molecule has 0 aliphatic rings. The predicted molar refractivity (Wildman–Crippen MR) is 64.0 cm³/mol. The van der Waals surface area contributed by atoms with Crippen LogP contribution in [-0.2, 0) is 0 Å². The second-order valence-electron chi connectivity index (χ2n) is 3.76. The molecular weight excluding hydrogens is 238 g/mol. The molecule has 0 aliphatic carbocycles. The van der Waals surface area contributed by atoms with Crippen LogP contribution in [0.2, 0.25) is 0 Å². The summed E-state index contributed by atoms with van der Waals surface area (Å²) in [7, 11) is 0. The highest BCUT2D eigenvalue weighted by Gasteiger charge is 2.11. The summed E-state index contributed by atoms with van der Waals surface area (Å²) in [6.45, 7) is 0.0530. The second-order valence-corrected chi connectivity index (χ2v) is 3.76. The van der Waals surface area contributed by atoms with E-state index in [1.807, 2.05) is 0 Å². The van der Waals surface area contributed by atoms with Gasteiger partial charge in [-0.05, 0) is 18.2 Å². The SMILES string of the molecule is O[C@H](CNc1cccc(F)n1)c1ccccc1F. The summed E-state index contributed by atoms with van der Waals surface area (Å²) in [6.07, 6.45) is -1.02. The molecule has 2 aromatic rings. The quantitative estimate of drug-likeness (QED) is 0.819. The molecule has 0 fully saturated rings. The lowest BCUT2D eigenvalue weighted by Crippen LogP contribution is -2.14. The van der Waals surface area contributed by atoms with Crippen molar-refractivity contribution in [1.29, 1.82) is 0 Å². The Hall–Kier alpha value is -2.01. The number of aliphatic hydroxyl groups is 1. The molecule has 0 amide bonds. The van der Waals surface area contributed by atoms with Crippen molar-refractivity contribution in [3.05, 3.63) is 59.8 Å². The Labute approximate surface area is 103 Å². The van der Waals surface area contributed by atoms with Crippen LogP contribution in [0.1, 0.15) is 11.7 Å². The predicted octanol–water partition coefficient (Wildman–Crippen LogP) is 2.51. The number of nitrogens with one attached hydrogen (secondary N) is 1. The number of hydrogen-bond donors (Lipinski definition) is 2. The molecule has 0 saturated heterocycles. The van der Waals surface area contributed by atoms with E-state index in [1.54, 1.807) is 18.2 Å².